The van der Waals surface area contributed by atoms with Crippen LogP contribution < -0.4 is 20.3 Å². The molecule has 4 aliphatic heterocycles. The zero-order valence-electron chi connectivity index (χ0n) is 20.6. The number of nitrogens with two attached hydrogens (primary N) is 1. The van der Waals surface area contributed by atoms with Gasteiger partial charge in [-0.2, -0.15) is 0 Å². The van der Waals surface area contributed by atoms with Gasteiger partial charge in [-0.3, -0.25) is 4.79 Å². The molecule has 184 valence electrons. The number of rotatable bonds is 4. The van der Waals surface area contributed by atoms with Crippen molar-refractivity contribution in [3.05, 3.63) is 82.9 Å². The second kappa shape index (κ2) is 8.27. The van der Waals surface area contributed by atoms with Gasteiger partial charge in [0.1, 0.15) is 17.0 Å². The monoisotopic (exact) mass is 480 g/mol. The van der Waals surface area contributed by atoms with Crippen LogP contribution in [0, 0.1) is 0 Å². The molecule has 3 aromatic carbocycles. The quantitative estimate of drug-likeness (QED) is 0.587. The first-order valence-corrected chi connectivity index (χ1v) is 13.3. The van der Waals surface area contributed by atoms with Crippen molar-refractivity contribution < 1.29 is 9.53 Å². The minimum Gasteiger partial charge on any atom is -0.456 e. The summed E-state index contributed by atoms with van der Waals surface area (Å²) < 4.78 is 6.72. The predicted molar refractivity (Wildman–Crippen MR) is 142 cm³/mol. The molecular formula is C30H32N4O2. The lowest BCUT2D eigenvalue weighted by atomic mass is 9.74. The molecule has 0 unspecified atom stereocenters. The minimum atomic E-state index is -0.761. The third kappa shape index (κ3) is 2.97. The summed E-state index contributed by atoms with van der Waals surface area (Å²) in [5, 5.41) is 0. The Morgan fingerprint density at radius 2 is 1.31 bits per heavy atom. The summed E-state index contributed by atoms with van der Waals surface area (Å²) in [6, 6.07) is 21.2. The molecule has 0 aliphatic carbocycles. The highest BCUT2D eigenvalue weighted by atomic mass is 16.5. The van der Waals surface area contributed by atoms with Crippen LogP contribution >= 0.6 is 0 Å². The fraction of sp³-hybridized carbons (Fsp3) is 0.367. The number of ether oxygens (including phenoxy) is 1. The van der Waals surface area contributed by atoms with E-state index in [4.69, 9.17) is 10.5 Å². The third-order valence-corrected chi connectivity index (χ3v) is 8.42. The summed E-state index contributed by atoms with van der Waals surface area (Å²) in [7, 11) is 0. The minimum absolute atomic E-state index is 0.0297. The van der Waals surface area contributed by atoms with Gasteiger partial charge in [0, 0.05) is 79.5 Å². The molecule has 0 bridgehead atoms. The Kier molecular flexibility index (Phi) is 5.00. The van der Waals surface area contributed by atoms with Gasteiger partial charge < -0.3 is 25.2 Å². The molecule has 0 saturated carbocycles. The zero-order valence-corrected chi connectivity index (χ0v) is 20.6. The molecule has 4 heterocycles. The Labute approximate surface area is 212 Å². The molecule has 1 spiro atoms. The molecule has 7 rings (SSSR count). The molecule has 6 heteroatoms. The van der Waals surface area contributed by atoms with Crippen LogP contribution in [0.25, 0.3) is 0 Å². The lowest BCUT2D eigenvalue weighted by molar-refractivity contribution is 0.0673. The van der Waals surface area contributed by atoms with Gasteiger partial charge >= 0.3 is 0 Å². The fourth-order valence-corrected chi connectivity index (χ4v) is 6.80. The highest BCUT2D eigenvalue weighted by Gasteiger charge is 2.56. The molecule has 2 saturated heterocycles. The highest BCUT2D eigenvalue weighted by molar-refractivity contribution is 6.02. The molecule has 4 aliphatic rings. The smallest absolute Gasteiger partial charge is 0.255 e. The number of hydrogen-bond donors (Lipinski definition) is 1. The maximum atomic E-state index is 13.8. The molecule has 2 N–H and O–H groups in total. The first kappa shape index (κ1) is 21.7. The molecule has 36 heavy (non-hydrogen) atoms. The molecule has 0 atom stereocenters. The van der Waals surface area contributed by atoms with Crippen LogP contribution in [0.3, 0.4) is 0 Å². The summed E-state index contributed by atoms with van der Waals surface area (Å²) in [5.74, 6) is 1.69. The second-order valence-electron chi connectivity index (χ2n) is 10.4. The standard InChI is InChI=1S/C30H32N4O2/c31-13-18-34-29(35)23-7-1-2-8-24(23)30(34)25-11-9-21(32-14-3-4-15-32)19-27(25)36-28-20-22(10-12-26(28)30)33-16-5-6-17-33/h1-2,7-12,19-20H,3-6,13-18,31H2. The Morgan fingerprint density at radius 1 is 0.750 bits per heavy atom. The van der Waals surface area contributed by atoms with Gasteiger partial charge in [0.15, 0.2) is 0 Å². The SMILES string of the molecule is NCCN1C(=O)c2ccccc2C12c1ccc(N3CCCC3)cc1Oc1cc(N3CCCC3)ccc12. The summed E-state index contributed by atoms with van der Waals surface area (Å²) >= 11 is 0. The van der Waals surface area contributed by atoms with Gasteiger partial charge in [0.05, 0.1) is 0 Å². The van der Waals surface area contributed by atoms with Gasteiger partial charge in [-0.25, -0.2) is 0 Å². The number of carbonyl (C=O) groups excluding carboxylic acids is 1. The van der Waals surface area contributed by atoms with E-state index in [2.05, 4.69) is 52.3 Å². The number of nitrogens with zero attached hydrogens (tertiary/aromatic N) is 3. The summed E-state index contributed by atoms with van der Waals surface area (Å²) in [6.45, 7) is 5.14. The summed E-state index contributed by atoms with van der Waals surface area (Å²) in [5.41, 5.74) is 11.5. The average molecular weight is 481 g/mol. The Morgan fingerprint density at radius 3 is 1.86 bits per heavy atom. The van der Waals surface area contributed by atoms with Crippen molar-refractivity contribution in [3.63, 3.8) is 0 Å². The molecular weight excluding hydrogens is 448 g/mol. The average Bonchev–Trinajstić information content (AvgIpc) is 3.68. The van der Waals surface area contributed by atoms with Crippen LogP contribution in [-0.2, 0) is 5.54 Å². The Bertz CT molecular complexity index is 1280. The van der Waals surface area contributed by atoms with Crippen molar-refractivity contribution >= 4 is 17.3 Å². The van der Waals surface area contributed by atoms with E-state index in [-0.39, 0.29) is 5.91 Å². The van der Waals surface area contributed by atoms with Crippen molar-refractivity contribution in [2.75, 3.05) is 49.1 Å². The number of fused-ring (bicyclic) bond motifs is 6. The normalized spacial score (nSPS) is 19.5. The zero-order chi connectivity index (χ0) is 24.3. The van der Waals surface area contributed by atoms with E-state index >= 15 is 0 Å². The number of carbonyl (C=O) groups is 1. The summed E-state index contributed by atoms with van der Waals surface area (Å²) in [6.07, 6.45) is 4.87. The first-order chi connectivity index (χ1) is 17.7. The first-order valence-electron chi connectivity index (χ1n) is 13.3. The molecule has 3 aromatic rings. The van der Waals surface area contributed by atoms with E-state index in [0.717, 1.165) is 59.9 Å². The van der Waals surface area contributed by atoms with Crippen LogP contribution in [0.1, 0.15) is 52.7 Å². The van der Waals surface area contributed by atoms with E-state index in [9.17, 15) is 4.79 Å². The number of hydrogen-bond acceptors (Lipinski definition) is 5. The van der Waals surface area contributed by atoms with Gasteiger partial charge in [0.25, 0.3) is 5.91 Å². The van der Waals surface area contributed by atoms with Crippen LogP contribution in [0.15, 0.2) is 60.7 Å². The number of anilines is 2. The number of benzene rings is 3. The van der Waals surface area contributed by atoms with Gasteiger partial charge in [-0.1, -0.05) is 30.3 Å². The molecule has 0 aromatic heterocycles. The van der Waals surface area contributed by atoms with Crippen molar-refractivity contribution in [1.82, 2.24) is 4.90 Å². The van der Waals surface area contributed by atoms with E-state index in [0.29, 0.717) is 13.1 Å². The van der Waals surface area contributed by atoms with Crippen LogP contribution in [0.5, 0.6) is 11.5 Å². The fourth-order valence-electron chi connectivity index (χ4n) is 6.80. The Balaban J connectivity index is 1.48. The third-order valence-electron chi connectivity index (χ3n) is 8.42. The van der Waals surface area contributed by atoms with E-state index < -0.39 is 5.54 Å². The molecule has 2 fully saturated rings. The van der Waals surface area contributed by atoms with E-state index in [1.807, 2.05) is 23.1 Å². The van der Waals surface area contributed by atoms with Crippen molar-refractivity contribution in [2.45, 2.75) is 31.2 Å². The number of amides is 1. The lowest BCUT2D eigenvalue weighted by Crippen LogP contribution is -2.49. The molecule has 1 amide bonds. The second-order valence-corrected chi connectivity index (χ2v) is 10.4. The largest absolute Gasteiger partial charge is 0.456 e. The summed E-state index contributed by atoms with van der Waals surface area (Å²) in [4.78, 5) is 20.7. The van der Waals surface area contributed by atoms with E-state index in [1.54, 1.807) is 0 Å². The topological polar surface area (TPSA) is 62.0 Å². The maximum absolute atomic E-state index is 13.8. The highest BCUT2D eigenvalue weighted by Crippen LogP contribution is 2.58. The van der Waals surface area contributed by atoms with Crippen molar-refractivity contribution in [1.29, 1.82) is 0 Å². The van der Waals surface area contributed by atoms with Crippen LogP contribution in [0.2, 0.25) is 0 Å². The van der Waals surface area contributed by atoms with Gasteiger partial charge in [-0.15, -0.1) is 0 Å². The van der Waals surface area contributed by atoms with Crippen molar-refractivity contribution in [2.24, 2.45) is 5.73 Å². The van der Waals surface area contributed by atoms with Gasteiger partial charge in [0.2, 0.25) is 0 Å². The predicted octanol–water partition coefficient (Wildman–Crippen LogP) is 4.70. The van der Waals surface area contributed by atoms with Gasteiger partial charge in [-0.05, 0) is 49.4 Å². The molecule has 6 nitrogen and oxygen atoms in total. The van der Waals surface area contributed by atoms with E-state index in [1.165, 1.54) is 37.1 Å². The lowest BCUT2D eigenvalue weighted by Gasteiger charge is -2.44. The Hall–Kier alpha value is -3.51. The maximum Gasteiger partial charge on any atom is 0.255 e. The van der Waals surface area contributed by atoms with Crippen LogP contribution in [-0.4, -0.2) is 50.1 Å². The van der Waals surface area contributed by atoms with Crippen LogP contribution in [0.4, 0.5) is 11.4 Å². The molecule has 0 radical (unpaired) electrons. The van der Waals surface area contributed by atoms with Crippen molar-refractivity contribution in [3.8, 4) is 11.5 Å².